The average Bonchev–Trinajstić information content (AvgIpc) is 2.91. The molecule has 0 atom stereocenters. The average molecular weight is 222 g/mol. The summed E-state index contributed by atoms with van der Waals surface area (Å²) in [6, 6.07) is 12.6. The van der Waals surface area contributed by atoms with Crippen molar-refractivity contribution in [3.8, 4) is 5.75 Å². The van der Waals surface area contributed by atoms with Crippen molar-refractivity contribution in [2.24, 2.45) is 0 Å². The predicted molar refractivity (Wildman–Crippen MR) is 72.2 cm³/mol. The Bertz CT molecular complexity index is 620. The van der Waals surface area contributed by atoms with E-state index in [1.807, 2.05) is 0 Å². The third-order valence-electron chi connectivity index (χ3n) is 3.22. The van der Waals surface area contributed by atoms with Crippen molar-refractivity contribution in [3.63, 3.8) is 0 Å². The molecule has 1 aliphatic rings. The minimum absolute atomic E-state index is 0.941. The van der Waals surface area contributed by atoms with Crippen LogP contribution in [0.25, 0.3) is 16.3 Å². The predicted octanol–water partition coefficient (Wildman–Crippen LogP) is 4.19. The van der Waals surface area contributed by atoms with E-state index in [-0.39, 0.29) is 0 Å². The van der Waals surface area contributed by atoms with Crippen molar-refractivity contribution in [2.45, 2.75) is 6.42 Å². The zero-order chi connectivity index (χ0) is 11.7. The molecular weight excluding hydrogens is 208 g/mol. The second-order valence-electron chi connectivity index (χ2n) is 4.19. The Balaban J connectivity index is 2.27. The van der Waals surface area contributed by atoms with Gasteiger partial charge >= 0.3 is 0 Å². The molecule has 0 bridgehead atoms. The maximum atomic E-state index is 5.41. The first-order chi connectivity index (χ1) is 8.40. The first-order valence-electron chi connectivity index (χ1n) is 5.82. The molecule has 0 fully saturated rings. The van der Waals surface area contributed by atoms with Gasteiger partial charge < -0.3 is 4.74 Å². The summed E-state index contributed by atoms with van der Waals surface area (Å²) in [6.45, 7) is 0. The molecule has 0 amide bonds. The fourth-order valence-corrected chi connectivity index (χ4v) is 2.38. The van der Waals surface area contributed by atoms with E-state index in [1.54, 1.807) is 7.11 Å². The normalized spacial score (nSPS) is 14.1. The van der Waals surface area contributed by atoms with Gasteiger partial charge in [-0.15, -0.1) is 0 Å². The maximum absolute atomic E-state index is 5.41. The van der Waals surface area contributed by atoms with E-state index in [4.69, 9.17) is 4.74 Å². The molecule has 0 spiro atoms. The Kier molecular flexibility index (Phi) is 2.45. The second kappa shape index (κ2) is 4.10. The highest BCUT2D eigenvalue weighted by Crippen LogP contribution is 2.34. The molecule has 3 rings (SSSR count). The standard InChI is InChI=1S/C16H14O/c1-17-16-11-10-13(12-6-2-3-7-12)14-8-4-5-9-15(14)16/h2-6,8-11H,7H2,1H3. The van der Waals surface area contributed by atoms with Gasteiger partial charge in [-0.25, -0.2) is 0 Å². The molecule has 1 nitrogen and oxygen atoms in total. The SMILES string of the molecule is COc1ccc(C2=CC=CC2)c2ccccc12. The van der Waals surface area contributed by atoms with Gasteiger partial charge in [-0.3, -0.25) is 0 Å². The number of methoxy groups -OCH3 is 1. The largest absolute Gasteiger partial charge is 0.496 e. The van der Waals surface area contributed by atoms with Crippen molar-refractivity contribution in [1.29, 1.82) is 0 Å². The molecular formula is C16H14O. The highest BCUT2D eigenvalue weighted by atomic mass is 16.5. The maximum Gasteiger partial charge on any atom is 0.126 e. The number of rotatable bonds is 2. The summed E-state index contributed by atoms with van der Waals surface area (Å²) in [4.78, 5) is 0. The van der Waals surface area contributed by atoms with Crippen LogP contribution >= 0.6 is 0 Å². The highest BCUT2D eigenvalue weighted by molar-refractivity contribution is 5.98. The van der Waals surface area contributed by atoms with E-state index in [2.05, 4.69) is 54.6 Å². The van der Waals surface area contributed by atoms with Crippen molar-refractivity contribution < 1.29 is 4.74 Å². The summed E-state index contributed by atoms with van der Waals surface area (Å²) in [6.07, 6.45) is 7.52. The molecule has 2 aromatic rings. The molecule has 84 valence electrons. The van der Waals surface area contributed by atoms with Crippen LogP contribution in [-0.4, -0.2) is 7.11 Å². The van der Waals surface area contributed by atoms with E-state index in [0.717, 1.165) is 12.2 Å². The molecule has 1 heteroatoms. The van der Waals surface area contributed by atoms with Gasteiger partial charge in [-0.1, -0.05) is 48.6 Å². The molecule has 0 unspecified atom stereocenters. The van der Waals surface area contributed by atoms with Gasteiger partial charge in [0.2, 0.25) is 0 Å². The summed E-state index contributed by atoms with van der Waals surface area (Å²) < 4.78 is 5.41. The number of allylic oxidation sites excluding steroid dienone is 4. The minimum atomic E-state index is 0.941. The third-order valence-corrected chi connectivity index (χ3v) is 3.22. The van der Waals surface area contributed by atoms with Crippen molar-refractivity contribution in [1.82, 2.24) is 0 Å². The van der Waals surface area contributed by atoms with Crippen LogP contribution in [0.4, 0.5) is 0 Å². The first-order valence-corrected chi connectivity index (χ1v) is 5.82. The number of hydrogen-bond acceptors (Lipinski definition) is 1. The Morgan fingerprint density at radius 3 is 2.53 bits per heavy atom. The molecule has 0 aliphatic heterocycles. The lowest BCUT2D eigenvalue weighted by Crippen LogP contribution is -1.89. The van der Waals surface area contributed by atoms with Crippen LogP contribution in [0, 0.1) is 0 Å². The Morgan fingerprint density at radius 2 is 1.82 bits per heavy atom. The van der Waals surface area contributed by atoms with Crippen molar-refractivity contribution >= 4 is 16.3 Å². The lowest BCUT2D eigenvalue weighted by Gasteiger charge is -2.11. The quantitative estimate of drug-likeness (QED) is 0.740. The number of ether oxygens (including phenoxy) is 1. The topological polar surface area (TPSA) is 9.23 Å². The van der Waals surface area contributed by atoms with Gasteiger partial charge in [0, 0.05) is 5.39 Å². The first kappa shape index (κ1) is 10.2. The van der Waals surface area contributed by atoms with Crippen LogP contribution in [0.15, 0.2) is 54.6 Å². The summed E-state index contributed by atoms with van der Waals surface area (Å²) in [5.74, 6) is 0.941. The second-order valence-corrected chi connectivity index (χ2v) is 4.19. The van der Waals surface area contributed by atoms with E-state index in [9.17, 15) is 0 Å². The summed E-state index contributed by atoms with van der Waals surface area (Å²) in [5.41, 5.74) is 2.69. The summed E-state index contributed by atoms with van der Waals surface area (Å²) in [5, 5.41) is 2.45. The number of hydrogen-bond donors (Lipinski definition) is 0. The molecule has 1 aliphatic carbocycles. The molecule has 17 heavy (non-hydrogen) atoms. The summed E-state index contributed by atoms with van der Waals surface area (Å²) >= 11 is 0. The molecule has 0 N–H and O–H groups in total. The molecule has 0 radical (unpaired) electrons. The summed E-state index contributed by atoms with van der Waals surface area (Å²) in [7, 11) is 1.72. The fourth-order valence-electron chi connectivity index (χ4n) is 2.38. The van der Waals surface area contributed by atoms with Crippen LogP contribution < -0.4 is 4.74 Å². The smallest absolute Gasteiger partial charge is 0.126 e. The van der Waals surface area contributed by atoms with Crippen LogP contribution in [0.2, 0.25) is 0 Å². The number of fused-ring (bicyclic) bond motifs is 1. The minimum Gasteiger partial charge on any atom is -0.496 e. The van der Waals surface area contributed by atoms with E-state index in [1.165, 1.54) is 21.9 Å². The van der Waals surface area contributed by atoms with Gasteiger partial charge in [-0.2, -0.15) is 0 Å². The van der Waals surface area contributed by atoms with Gasteiger partial charge in [0.05, 0.1) is 7.11 Å². The number of benzene rings is 2. The van der Waals surface area contributed by atoms with Gasteiger partial charge in [-0.05, 0) is 29.0 Å². The van der Waals surface area contributed by atoms with E-state index >= 15 is 0 Å². The van der Waals surface area contributed by atoms with Crippen LogP contribution in [-0.2, 0) is 0 Å². The van der Waals surface area contributed by atoms with Crippen LogP contribution in [0.3, 0.4) is 0 Å². The fraction of sp³-hybridized carbons (Fsp3) is 0.125. The molecule has 0 saturated carbocycles. The lowest BCUT2D eigenvalue weighted by molar-refractivity contribution is 0.420. The van der Waals surface area contributed by atoms with Crippen molar-refractivity contribution in [3.05, 3.63) is 60.2 Å². The van der Waals surface area contributed by atoms with E-state index < -0.39 is 0 Å². The molecule has 0 heterocycles. The molecule has 2 aromatic carbocycles. The Labute approximate surface area is 101 Å². The molecule has 0 aromatic heterocycles. The zero-order valence-corrected chi connectivity index (χ0v) is 9.81. The van der Waals surface area contributed by atoms with Crippen molar-refractivity contribution in [2.75, 3.05) is 7.11 Å². The highest BCUT2D eigenvalue weighted by Gasteiger charge is 2.10. The van der Waals surface area contributed by atoms with Crippen LogP contribution in [0.5, 0.6) is 5.75 Å². The zero-order valence-electron chi connectivity index (χ0n) is 9.81. The van der Waals surface area contributed by atoms with Gasteiger partial charge in [0.25, 0.3) is 0 Å². The Hall–Kier alpha value is -2.02. The van der Waals surface area contributed by atoms with Gasteiger partial charge in [0.15, 0.2) is 0 Å². The van der Waals surface area contributed by atoms with Gasteiger partial charge in [0.1, 0.15) is 5.75 Å². The van der Waals surface area contributed by atoms with Crippen LogP contribution in [0.1, 0.15) is 12.0 Å². The molecule has 0 saturated heterocycles. The van der Waals surface area contributed by atoms with E-state index in [0.29, 0.717) is 0 Å². The monoisotopic (exact) mass is 222 g/mol. The third kappa shape index (κ3) is 1.64. The lowest BCUT2D eigenvalue weighted by atomic mass is 9.97. The Morgan fingerprint density at radius 1 is 1.00 bits per heavy atom.